The van der Waals surface area contributed by atoms with E-state index in [1.807, 2.05) is 0 Å². The lowest BCUT2D eigenvalue weighted by molar-refractivity contribution is -0.0327. The minimum Gasteiger partial charge on any atom is -0.343 e. The van der Waals surface area contributed by atoms with Gasteiger partial charge in [-0.25, -0.2) is 0 Å². The number of hydrogen-bond acceptors (Lipinski definition) is 5. The lowest BCUT2D eigenvalue weighted by atomic mass is 10.6. The molecular formula is C6H8F3N3OS. The Kier molecular flexibility index (Phi) is 4.21. The van der Waals surface area contributed by atoms with Crippen LogP contribution in [0.25, 0.3) is 0 Å². The Bertz CT molecular complexity index is 251. The van der Waals surface area contributed by atoms with Crippen molar-refractivity contribution < 1.29 is 17.7 Å². The number of aromatic nitrogens is 2. The highest BCUT2D eigenvalue weighted by Crippen LogP contribution is 2.29. The molecule has 0 atom stereocenters. The van der Waals surface area contributed by atoms with Crippen LogP contribution < -0.4 is 5.32 Å². The first-order valence-electron chi connectivity index (χ1n) is 3.74. The summed E-state index contributed by atoms with van der Waals surface area (Å²) in [5.41, 5.74) is -4.16. The molecular weight excluding hydrogens is 219 g/mol. The standard InChI is InChI=1S/C6H8F3N3OS/c7-6(8,9)14-2-1-10-3-5-11-4-13-12-5/h4,10H,1-3H2. The fourth-order valence-corrected chi connectivity index (χ4v) is 1.19. The number of alkyl halides is 3. The van der Waals surface area contributed by atoms with E-state index in [0.29, 0.717) is 12.4 Å². The van der Waals surface area contributed by atoms with Gasteiger partial charge in [-0.15, -0.1) is 0 Å². The van der Waals surface area contributed by atoms with Crippen LogP contribution in [0.1, 0.15) is 5.82 Å². The van der Waals surface area contributed by atoms with Crippen molar-refractivity contribution in [2.45, 2.75) is 12.1 Å². The number of halogens is 3. The molecule has 0 spiro atoms. The van der Waals surface area contributed by atoms with Crippen LogP contribution in [0.4, 0.5) is 13.2 Å². The number of nitrogens with one attached hydrogen (secondary N) is 1. The van der Waals surface area contributed by atoms with Crippen LogP contribution in [0.5, 0.6) is 0 Å². The molecule has 80 valence electrons. The first kappa shape index (κ1) is 11.3. The van der Waals surface area contributed by atoms with Crippen LogP contribution in [-0.4, -0.2) is 27.9 Å². The van der Waals surface area contributed by atoms with E-state index in [9.17, 15) is 13.2 Å². The lowest BCUT2D eigenvalue weighted by Crippen LogP contribution is -2.19. The Morgan fingerprint density at radius 2 is 2.29 bits per heavy atom. The van der Waals surface area contributed by atoms with Gasteiger partial charge in [0, 0.05) is 12.3 Å². The normalized spacial score (nSPS) is 11.9. The summed E-state index contributed by atoms with van der Waals surface area (Å²) in [4.78, 5) is 3.69. The molecule has 0 bridgehead atoms. The fourth-order valence-electron chi connectivity index (χ4n) is 0.709. The molecule has 0 aromatic carbocycles. The van der Waals surface area contributed by atoms with E-state index in [1.165, 1.54) is 6.39 Å². The van der Waals surface area contributed by atoms with E-state index in [1.54, 1.807) is 0 Å². The van der Waals surface area contributed by atoms with Gasteiger partial charge in [-0.05, 0) is 11.8 Å². The predicted molar refractivity (Wildman–Crippen MR) is 44.5 cm³/mol. The second-order valence-electron chi connectivity index (χ2n) is 2.32. The van der Waals surface area contributed by atoms with Crippen LogP contribution in [0.3, 0.4) is 0 Å². The molecule has 0 fully saturated rings. The molecule has 4 nitrogen and oxygen atoms in total. The monoisotopic (exact) mass is 227 g/mol. The van der Waals surface area contributed by atoms with Crippen LogP contribution >= 0.6 is 11.8 Å². The predicted octanol–water partition coefficient (Wildman–Crippen LogP) is 1.41. The molecule has 1 aromatic rings. The highest BCUT2D eigenvalue weighted by molar-refractivity contribution is 8.00. The van der Waals surface area contributed by atoms with Gasteiger partial charge in [-0.2, -0.15) is 18.2 Å². The summed E-state index contributed by atoms with van der Waals surface area (Å²) in [6.45, 7) is 0.563. The van der Waals surface area contributed by atoms with Gasteiger partial charge in [0.2, 0.25) is 6.39 Å². The third kappa shape index (κ3) is 5.07. The fraction of sp³-hybridized carbons (Fsp3) is 0.667. The quantitative estimate of drug-likeness (QED) is 0.771. The van der Waals surface area contributed by atoms with Crippen LogP contribution in [0, 0.1) is 0 Å². The third-order valence-electron chi connectivity index (χ3n) is 1.23. The van der Waals surface area contributed by atoms with Crippen LogP contribution in [-0.2, 0) is 6.54 Å². The second kappa shape index (κ2) is 5.20. The van der Waals surface area contributed by atoms with Crippen molar-refractivity contribution in [1.29, 1.82) is 0 Å². The zero-order valence-electron chi connectivity index (χ0n) is 7.04. The molecule has 0 saturated carbocycles. The maximum atomic E-state index is 11.7. The van der Waals surface area contributed by atoms with Gasteiger partial charge in [0.1, 0.15) is 0 Å². The Morgan fingerprint density at radius 3 is 2.86 bits per heavy atom. The van der Waals surface area contributed by atoms with E-state index >= 15 is 0 Å². The van der Waals surface area contributed by atoms with Gasteiger partial charge in [0.25, 0.3) is 0 Å². The van der Waals surface area contributed by atoms with Crippen LogP contribution in [0.15, 0.2) is 10.9 Å². The molecule has 0 amide bonds. The van der Waals surface area contributed by atoms with Gasteiger partial charge in [-0.3, -0.25) is 0 Å². The smallest absolute Gasteiger partial charge is 0.343 e. The van der Waals surface area contributed by atoms with E-state index in [-0.39, 0.29) is 24.1 Å². The molecule has 8 heteroatoms. The number of nitrogens with zero attached hydrogens (tertiary/aromatic N) is 2. The summed E-state index contributed by atoms with van der Waals surface area (Å²) in [7, 11) is 0. The van der Waals surface area contributed by atoms with E-state index in [0.717, 1.165) is 0 Å². The van der Waals surface area contributed by atoms with Crippen molar-refractivity contribution in [3.05, 3.63) is 12.2 Å². The first-order chi connectivity index (χ1) is 6.58. The average molecular weight is 227 g/mol. The van der Waals surface area contributed by atoms with Gasteiger partial charge in [-0.1, -0.05) is 5.16 Å². The Labute approximate surface area is 82.2 Å². The van der Waals surface area contributed by atoms with Crippen LogP contribution in [0.2, 0.25) is 0 Å². The maximum Gasteiger partial charge on any atom is 0.441 e. The summed E-state index contributed by atoms with van der Waals surface area (Å²) in [5.74, 6) is 0.406. The Balaban J connectivity index is 2.00. The molecule has 1 rings (SSSR count). The average Bonchev–Trinajstić information content (AvgIpc) is 2.54. The highest BCUT2D eigenvalue weighted by Gasteiger charge is 2.27. The van der Waals surface area contributed by atoms with Gasteiger partial charge in [0.15, 0.2) is 5.82 Å². The van der Waals surface area contributed by atoms with E-state index in [2.05, 4.69) is 20.0 Å². The number of hydrogen-bond donors (Lipinski definition) is 1. The zero-order chi connectivity index (χ0) is 10.4. The van der Waals surface area contributed by atoms with E-state index < -0.39 is 5.51 Å². The first-order valence-corrected chi connectivity index (χ1v) is 4.73. The molecule has 1 N–H and O–H groups in total. The largest absolute Gasteiger partial charge is 0.441 e. The maximum absolute atomic E-state index is 11.7. The van der Waals surface area contributed by atoms with E-state index in [4.69, 9.17) is 0 Å². The van der Waals surface area contributed by atoms with Crippen molar-refractivity contribution in [3.8, 4) is 0 Å². The minimum atomic E-state index is -4.16. The third-order valence-corrected chi connectivity index (χ3v) is 1.97. The Hall–Kier alpha value is -0.760. The molecule has 0 radical (unpaired) electrons. The molecule has 0 aliphatic carbocycles. The molecule has 1 heterocycles. The molecule has 0 saturated heterocycles. The summed E-state index contributed by atoms with van der Waals surface area (Å²) in [5, 5.41) is 6.24. The van der Waals surface area contributed by atoms with Crippen molar-refractivity contribution in [3.63, 3.8) is 0 Å². The number of rotatable bonds is 5. The molecule has 1 aromatic heterocycles. The summed E-state index contributed by atoms with van der Waals surface area (Å²) in [6, 6.07) is 0. The SMILES string of the molecule is FC(F)(F)SCCNCc1ncon1. The summed E-state index contributed by atoms with van der Waals surface area (Å²) >= 11 is -0.0560. The Morgan fingerprint density at radius 1 is 1.50 bits per heavy atom. The van der Waals surface area contributed by atoms with Crippen molar-refractivity contribution in [1.82, 2.24) is 15.5 Å². The lowest BCUT2D eigenvalue weighted by Gasteiger charge is -2.05. The minimum absolute atomic E-state index is 0.0264. The van der Waals surface area contributed by atoms with Crippen molar-refractivity contribution in [2.75, 3.05) is 12.3 Å². The number of thioether (sulfide) groups is 1. The summed E-state index contributed by atoms with van der Waals surface area (Å²) in [6.07, 6.45) is 1.17. The van der Waals surface area contributed by atoms with Gasteiger partial charge in [0.05, 0.1) is 6.54 Å². The molecule has 0 unspecified atom stereocenters. The van der Waals surface area contributed by atoms with Gasteiger partial charge >= 0.3 is 5.51 Å². The highest BCUT2D eigenvalue weighted by atomic mass is 32.2. The van der Waals surface area contributed by atoms with Gasteiger partial charge < -0.3 is 9.84 Å². The van der Waals surface area contributed by atoms with Crippen molar-refractivity contribution in [2.24, 2.45) is 0 Å². The summed E-state index contributed by atoms with van der Waals surface area (Å²) < 4.78 is 39.4. The molecule has 0 aliphatic heterocycles. The van der Waals surface area contributed by atoms with Crippen molar-refractivity contribution >= 4 is 11.8 Å². The molecule has 14 heavy (non-hydrogen) atoms. The molecule has 0 aliphatic rings. The zero-order valence-corrected chi connectivity index (χ0v) is 7.86. The second-order valence-corrected chi connectivity index (χ2v) is 3.48. The topological polar surface area (TPSA) is 51.0 Å².